The molecule has 4 rings (SSSR count). The molecule has 2 heterocycles. The Bertz CT molecular complexity index is 1240. The molecule has 0 aliphatic rings. The van der Waals surface area contributed by atoms with E-state index in [0.29, 0.717) is 53.9 Å². The molecule has 0 aliphatic heterocycles. The third kappa shape index (κ3) is 5.27. The number of hydrogen-bond acceptors (Lipinski definition) is 6. The van der Waals surface area contributed by atoms with Gasteiger partial charge in [0.15, 0.2) is 5.76 Å². The Morgan fingerprint density at radius 2 is 2.03 bits per heavy atom. The lowest BCUT2D eigenvalue weighted by Gasteiger charge is -2.09. The topological polar surface area (TPSA) is 91.4 Å². The number of anilines is 1. The molecule has 1 N–H and O–H groups in total. The first-order chi connectivity index (χ1) is 16.0. The highest BCUT2D eigenvalue weighted by molar-refractivity contribution is 6.04. The van der Waals surface area contributed by atoms with E-state index in [0.717, 1.165) is 0 Å². The van der Waals surface area contributed by atoms with Gasteiger partial charge in [0.25, 0.3) is 5.91 Å². The number of ether oxygens (including phenoxy) is 2. The van der Waals surface area contributed by atoms with Crippen LogP contribution in [-0.2, 0) is 4.74 Å². The summed E-state index contributed by atoms with van der Waals surface area (Å²) in [5, 5.41) is 7.28. The van der Waals surface area contributed by atoms with Gasteiger partial charge in [-0.2, -0.15) is 4.98 Å². The Hall–Kier alpha value is -3.98. The smallest absolute Gasteiger partial charge is 0.336 e. The normalized spacial score (nSPS) is 10.9. The Labute approximate surface area is 190 Å². The van der Waals surface area contributed by atoms with Gasteiger partial charge in [-0.05, 0) is 67.9 Å². The molecule has 0 aliphatic carbocycles. The molecule has 9 heteroatoms. The molecular weight excluding hydrogens is 427 g/mol. The van der Waals surface area contributed by atoms with Gasteiger partial charge in [0.05, 0.1) is 18.6 Å². The molecule has 170 valence electrons. The van der Waals surface area contributed by atoms with E-state index in [1.54, 1.807) is 48.2 Å². The molecule has 2 aromatic carbocycles. The van der Waals surface area contributed by atoms with Gasteiger partial charge in [0.2, 0.25) is 5.82 Å². The molecule has 0 fully saturated rings. The fourth-order valence-electron chi connectivity index (χ4n) is 3.14. The second-order valence-corrected chi connectivity index (χ2v) is 7.12. The summed E-state index contributed by atoms with van der Waals surface area (Å²) >= 11 is 0. The molecule has 8 nitrogen and oxygen atoms in total. The maximum atomic E-state index is 13.5. The number of aryl methyl sites for hydroxylation is 1. The molecule has 0 unspecified atom stereocenters. The highest BCUT2D eigenvalue weighted by Crippen LogP contribution is 2.25. The van der Waals surface area contributed by atoms with Crippen LogP contribution in [0.15, 0.2) is 65.3 Å². The Balaban J connectivity index is 1.59. The summed E-state index contributed by atoms with van der Waals surface area (Å²) in [6.45, 7) is 4.85. The minimum Gasteiger partial charge on any atom is -0.461 e. The van der Waals surface area contributed by atoms with Crippen LogP contribution in [0.5, 0.6) is 6.01 Å². The van der Waals surface area contributed by atoms with Gasteiger partial charge in [-0.1, -0.05) is 6.07 Å². The largest absolute Gasteiger partial charge is 0.461 e. The van der Waals surface area contributed by atoms with E-state index >= 15 is 0 Å². The van der Waals surface area contributed by atoms with Crippen molar-refractivity contribution in [3.05, 3.63) is 77.8 Å². The van der Waals surface area contributed by atoms with Gasteiger partial charge in [-0.25, -0.2) is 9.07 Å². The predicted octanol–water partition coefficient (Wildman–Crippen LogP) is 4.64. The van der Waals surface area contributed by atoms with Crippen LogP contribution < -0.4 is 10.1 Å². The molecular formula is C24H23FN4O4. The summed E-state index contributed by atoms with van der Waals surface area (Å²) in [5.41, 5.74) is 1.95. The number of carbonyl (C=O) groups excluding carboxylic acids is 1. The van der Waals surface area contributed by atoms with Crippen LogP contribution in [0.1, 0.15) is 22.8 Å². The molecule has 4 aromatic rings. The number of nitrogens with one attached hydrogen (secondary N) is 1. The van der Waals surface area contributed by atoms with Crippen LogP contribution in [0, 0.1) is 12.7 Å². The second-order valence-electron chi connectivity index (χ2n) is 7.12. The Morgan fingerprint density at radius 3 is 2.79 bits per heavy atom. The number of carbonyl (C=O) groups is 1. The standard InChI is InChI=1S/C24H23FN4O4/c1-3-31-12-13-33-24-27-22(21-8-5-11-32-21)29(28-24)19-7-4-6-18(15-19)26-23(30)17-9-10-20(25)16(2)14-17/h4-11,14-15H,3,12-13H2,1-2H3,(H,26,30). The van der Waals surface area contributed by atoms with Crippen molar-refractivity contribution in [1.82, 2.24) is 14.8 Å². The zero-order valence-electron chi connectivity index (χ0n) is 18.2. The maximum absolute atomic E-state index is 13.5. The SMILES string of the molecule is CCOCCOc1nc(-c2ccco2)n(-c2cccc(NC(=O)c3ccc(F)c(C)c3)c2)n1. The van der Waals surface area contributed by atoms with Crippen molar-refractivity contribution in [1.29, 1.82) is 0 Å². The van der Waals surface area contributed by atoms with Gasteiger partial charge < -0.3 is 19.2 Å². The van der Waals surface area contributed by atoms with Gasteiger partial charge in [0, 0.05) is 17.9 Å². The lowest BCUT2D eigenvalue weighted by Crippen LogP contribution is -2.12. The lowest BCUT2D eigenvalue weighted by atomic mass is 10.1. The fraction of sp³-hybridized carbons (Fsp3) is 0.208. The molecule has 0 spiro atoms. The summed E-state index contributed by atoms with van der Waals surface area (Å²) in [7, 11) is 0. The van der Waals surface area contributed by atoms with Crippen molar-refractivity contribution < 1.29 is 23.1 Å². The van der Waals surface area contributed by atoms with Crippen LogP contribution in [-0.4, -0.2) is 40.5 Å². The fourth-order valence-corrected chi connectivity index (χ4v) is 3.14. The number of halogens is 1. The predicted molar refractivity (Wildman–Crippen MR) is 120 cm³/mol. The minimum absolute atomic E-state index is 0.178. The van der Waals surface area contributed by atoms with E-state index in [2.05, 4.69) is 15.4 Å². The first-order valence-electron chi connectivity index (χ1n) is 10.4. The summed E-state index contributed by atoms with van der Waals surface area (Å²) in [6.07, 6.45) is 1.55. The van der Waals surface area contributed by atoms with Crippen molar-refractivity contribution >= 4 is 11.6 Å². The molecule has 0 saturated carbocycles. The van der Waals surface area contributed by atoms with E-state index in [4.69, 9.17) is 13.9 Å². The van der Waals surface area contributed by atoms with Crippen LogP contribution in [0.3, 0.4) is 0 Å². The number of amides is 1. The van der Waals surface area contributed by atoms with E-state index in [9.17, 15) is 9.18 Å². The number of furan rings is 1. The zero-order chi connectivity index (χ0) is 23.2. The van der Waals surface area contributed by atoms with Gasteiger partial charge in [-0.3, -0.25) is 4.79 Å². The minimum atomic E-state index is -0.357. The Kier molecular flexibility index (Phi) is 6.80. The summed E-state index contributed by atoms with van der Waals surface area (Å²) in [6, 6.07) is 15.0. The lowest BCUT2D eigenvalue weighted by molar-refractivity contribution is 0.102. The van der Waals surface area contributed by atoms with Gasteiger partial charge in [-0.15, -0.1) is 5.10 Å². The molecule has 0 bridgehead atoms. The average Bonchev–Trinajstić information content (AvgIpc) is 3.49. The van der Waals surface area contributed by atoms with Crippen molar-refractivity contribution in [2.75, 3.05) is 25.1 Å². The highest BCUT2D eigenvalue weighted by Gasteiger charge is 2.17. The maximum Gasteiger partial charge on any atom is 0.336 e. The van der Waals surface area contributed by atoms with Gasteiger partial charge in [0.1, 0.15) is 12.4 Å². The van der Waals surface area contributed by atoms with E-state index < -0.39 is 0 Å². The number of nitrogens with zero attached hydrogens (tertiary/aromatic N) is 3. The van der Waals surface area contributed by atoms with E-state index in [-0.39, 0.29) is 17.7 Å². The van der Waals surface area contributed by atoms with E-state index in [1.165, 1.54) is 18.2 Å². The third-order valence-corrected chi connectivity index (χ3v) is 4.76. The quantitative estimate of drug-likeness (QED) is 0.374. The first-order valence-corrected chi connectivity index (χ1v) is 10.4. The molecule has 1 amide bonds. The summed E-state index contributed by atoms with van der Waals surface area (Å²) in [5.74, 6) is 0.256. The summed E-state index contributed by atoms with van der Waals surface area (Å²) in [4.78, 5) is 17.1. The number of benzene rings is 2. The average molecular weight is 450 g/mol. The van der Waals surface area contributed by atoms with Crippen molar-refractivity contribution in [2.24, 2.45) is 0 Å². The van der Waals surface area contributed by atoms with Crippen LogP contribution in [0.25, 0.3) is 17.3 Å². The zero-order valence-corrected chi connectivity index (χ0v) is 18.2. The molecule has 0 atom stereocenters. The number of hydrogen-bond donors (Lipinski definition) is 1. The van der Waals surface area contributed by atoms with Crippen molar-refractivity contribution in [2.45, 2.75) is 13.8 Å². The second kappa shape index (κ2) is 10.1. The van der Waals surface area contributed by atoms with Crippen LogP contribution in [0.4, 0.5) is 10.1 Å². The monoisotopic (exact) mass is 450 g/mol. The van der Waals surface area contributed by atoms with Crippen LogP contribution >= 0.6 is 0 Å². The number of aromatic nitrogens is 3. The molecule has 33 heavy (non-hydrogen) atoms. The van der Waals surface area contributed by atoms with Crippen molar-refractivity contribution in [3.63, 3.8) is 0 Å². The molecule has 0 saturated heterocycles. The number of rotatable bonds is 9. The Morgan fingerprint density at radius 1 is 1.15 bits per heavy atom. The molecule has 0 radical (unpaired) electrons. The van der Waals surface area contributed by atoms with Gasteiger partial charge >= 0.3 is 6.01 Å². The first kappa shape index (κ1) is 22.2. The van der Waals surface area contributed by atoms with Crippen molar-refractivity contribution in [3.8, 4) is 23.3 Å². The summed E-state index contributed by atoms with van der Waals surface area (Å²) < 4.78 is 31.5. The molecule has 2 aromatic heterocycles. The third-order valence-electron chi connectivity index (χ3n) is 4.76. The highest BCUT2D eigenvalue weighted by atomic mass is 19.1. The van der Waals surface area contributed by atoms with Crippen LogP contribution in [0.2, 0.25) is 0 Å². The van der Waals surface area contributed by atoms with E-state index in [1.807, 2.05) is 13.0 Å².